The molecular weight excluding hydrogens is 240 g/mol. The topological polar surface area (TPSA) is 71.4 Å². The van der Waals surface area contributed by atoms with Crippen LogP contribution in [0, 0.1) is 0 Å². The molecule has 4 nitrogen and oxygen atoms in total. The molecule has 1 aromatic rings. The molecule has 0 spiro atoms. The standard InChI is InChI=1S/C9H9ClO4S/c1-2-15(13,14)6-3-4-7(9(11)12)8(10)5-6/h3-5H,2H2,1H3,(H,11,12). The maximum Gasteiger partial charge on any atom is 0.337 e. The van der Waals surface area contributed by atoms with Crippen LogP contribution in [-0.2, 0) is 9.84 Å². The van der Waals surface area contributed by atoms with Crippen molar-refractivity contribution < 1.29 is 18.3 Å². The van der Waals surface area contributed by atoms with E-state index in [0.29, 0.717) is 0 Å². The van der Waals surface area contributed by atoms with E-state index in [2.05, 4.69) is 0 Å². The van der Waals surface area contributed by atoms with Gasteiger partial charge in [0.15, 0.2) is 9.84 Å². The number of carbonyl (C=O) groups is 1. The molecule has 82 valence electrons. The Kier molecular flexibility index (Phi) is 3.36. The Bertz CT molecular complexity index is 493. The van der Waals surface area contributed by atoms with Gasteiger partial charge in [-0.05, 0) is 18.2 Å². The first-order valence-electron chi connectivity index (χ1n) is 4.14. The van der Waals surface area contributed by atoms with Crippen molar-refractivity contribution in [2.45, 2.75) is 11.8 Å². The van der Waals surface area contributed by atoms with Gasteiger partial charge in [0, 0.05) is 0 Å². The Balaban J connectivity index is 3.30. The van der Waals surface area contributed by atoms with Gasteiger partial charge in [0.1, 0.15) is 0 Å². The normalized spacial score (nSPS) is 11.3. The van der Waals surface area contributed by atoms with Crippen molar-refractivity contribution in [3.05, 3.63) is 28.8 Å². The average Bonchev–Trinajstić information content (AvgIpc) is 2.17. The Morgan fingerprint density at radius 1 is 1.47 bits per heavy atom. The Morgan fingerprint density at radius 2 is 2.07 bits per heavy atom. The molecule has 0 unspecified atom stereocenters. The highest BCUT2D eigenvalue weighted by atomic mass is 35.5. The number of carboxylic acid groups (broad SMARTS) is 1. The van der Waals surface area contributed by atoms with Crippen LogP contribution in [0.1, 0.15) is 17.3 Å². The second kappa shape index (κ2) is 4.20. The van der Waals surface area contributed by atoms with Gasteiger partial charge in [0.05, 0.1) is 21.2 Å². The number of carboxylic acids is 1. The van der Waals surface area contributed by atoms with Gasteiger partial charge in [-0.3, -0.25) is 0 Å². The molecule has 0 aromatic heterocycles. The number of hydrogen-bond acceptors (Lipinski definition) is 3. The predicted octanol–water partition coefficient (Wildman–Crippen LogP) is 1.83. The zero-order chi connectivity index (χ0) is 11.6. The van der Waals surface area contributed by atoms with Gasteiger partial charge >= 0.3 is 5.97 Å². The lowest BCUT2D eigenvalue weighted by molar-refractivity contribution is 0.0697. The zero-order valence-corrected chi connectivity index (χ0v) is 9.47. The van der Waals surface area contributed by atoms with E-state index in [4.69, 9.17) is 16.7 Å². The van der Waals surface area contributed by atoms with E-state index < -0.39 is 15.8 Å². The zero-order valence-electron chi connectivity index (χ0n) is 7.90. The molecule has 6 heteroatoms. The van der Waals surface area contributed by atoms with Crippen LogP contribution in [0.4, 0.5) is 0 Å². The van der Waals surface area contributed by atoms with E-state index in [-0.39, 0.29) is 21.2 Å². The van der Waals surface area contributed by atoms with Gasteiger partial charge in [-0.15, -0.1) is 0 Å². The summed E-state index contributed by atoms with van der Waals surface area (Å²) in [6, 6.07) is 3.59. The molecule has 0 atom stereocenters. The summed E-state index contributed by atoms with van der Waals surface area (Å²) in [7, 11) is -3.34. The van der Waals surface area contributed by atoms with Gasteiger partial charge in [0.25, 0.3) is 0 Å². The lowest BCUT2D eigenvalue weighted by Gasteiger charge is -2.03. The molecule has 0 saturated heterocycles. The highest BCUT2D eigenvalue weighted by Crippen LogP contribution is 2.21. The molecule has 0 saturated carbocycles. The molecule has 1 N–H and O–H groups in total. The van der Waals surface area contributed by atoms with Crippen LogP contribution in [0.3, 0.4) is 0 Å². The minimum absolute atomic E-state index is 0.0417. The van der Waals surface area contributed by atoms with Gasteiger partial charge in [-0.2, -0.15) is 0 Å². The summed E-state index contributed by atoms with van der Waals surface area (Å²) < 4.78 is 22.9. The molecule has 0 fully saturated rings. The summed E-state index contributed by atoms with van der Waals surface area (Å²) in [5, 5.41) is 8.61. The Labute approximate surface area is 92.4 Å². The van der Waals surface area contributed by atoms with Crippen LogP contribution in [0.2, 0.25) is 5.02 Å². The Morgan fingerprint density at radius 3 is 2.47 bits per heavy atom. The van der Waals surface area contributed by atoms with Crippen molar-refractivity contribution in [1.29, 1.82) is 0 Å². The summed E-state index contributed by atoms with van der Waals surface area (Å²) in [5.41, 5.74) is -0.105. The van der Waals surface area contributed by atoms with E-state index in [0.717, 1.165) is 6.07 Å². The smallest absolute Gasteiger partial charge is 0.337 e. The number of aromatic carboxylic acids is 1. The second-order valence-corrected chi connectivity index (χ2v) is 5.54. The highest BCUT2D eigenvalue weighted by molar-refractivity contribution is 7.91. The maximum atomic E-state index is 11.4. The molecule has 0 radical (unpaired) electrons. The minimum Gasteiger partial charge on any atom is -0.478 e. The summed E-state index contributed by atoms with van der Waals surface area (Å²) in [4.78, 5) is 10.7. The fourth-order valence-corrected chi connectivity index (χ4v) is 2.26. The molecular formula is C9H9ClO4S. The first-order chi connectivity index (χ1) is 6.88. The van der Waals surface area contributed by atoms with E-state index in [9.17, 15) is 13.2 Å². The third-order valence-electron chi connectivity index (χ3n) is 1.91. The molecule has 0 aliphatic rings. The molecule has 0 aliphatic carbocycles. The van der Waals surface area contributed by atoms with Crippen molar-refractivity contribution in [3.8, 4) is 0 Å². The lowest BCUT2D eigenvalue weighted by atomic mass is 10.2. The van der Waals surface area contributed by atoms with Crippen LogP contribution in [0.15, 0.2) is 23.1 Å². The van der Waals surface area contributed by atoms with Crippen LogP contribution in [0.5, 0.6) is 0 Å². The number of benzene rings is 1. The first kappa shape index (κ1) is 12.0. The number of hydrogen-bond donors (Lipinski definition) is 1. The Hall–Kier alpha value is -1.07. The summed E-state index contributed by atoms with van der Waals surface area (Å²) >= 11 is 5.64. The van der Waals surface area contributed by atoms with Gasteiger partial charge in [-0.1, -0.05) is 18.5 Å². The summed E-state index contributed by atoms with van der Waals surface area (Å²) in [6.07, 6.45) is 0. The van der Waals surface area contributed by atoms with Gasteiger partial charge in [0.2, 0.25) is 0 Å². The van der Waals surface area contributed by atoms with Crippen LogP contribution in [0.25, 0.3) is 0 Å². The van der Waals surface area contributed by atoms with Crippen LogP contribution in [-0.4, -0.2) is 25.2 Å². The number of rotatable bonds is 3. The molecule has 1 rings (SSSR count). The third-order valence-corrected chi connectivity index (χ3v) is 3.96. The first-order valence-corrected chi connectivity index (χ1v) is 6.17. The summed E-state index contributed by atoms with van der Waals surface area (Å²) in [5.74, 6) is -1.23. The molecule has 0 aliphatic heterocycles. The maximum absolute atomic E-state index is 11.4. The minimum atomic E-state index is -3.34. The summed E-state index contributed by atoms with van der Waals surface area (Å²) in [6.45, 7) is 1.51. The van der Waals surface area contributed by atoms with Crippen molar-refractivity contribution in [3.63, 3.8) is 0 Å². The molecule has 0 heterocycles. The van der Waals surface area contributed by atoms with Gasteiger partial charge < -0.3 is 5.11 Å². The van der Waals surface area contributed by atoms with E-state index >= 15 is 0 Å². The van der Waals surface area contributed by atoms with Gasteiger partial charge in [-0.25, -0.2) is 13.2 Å². The molecule has 1 aromatic carbocycles. The molecule has 15 heavy (non-hydrogen) atoms. The van der Waals surface area contributed by atoms with Crippen molar-refractivity contribution >= 4 is 27.4 Å². The second-order valence-electron chi connectivity index (χ2n) is 2.85. The van der Waals surface area contributed by atoms with Crippen molar-refractivity contribution in [2.75, 3.05) is 5.75 Å². The fraction of sp³-hybridized carbons (Fsp3) is 0.222. The monoisotopic (exact) mass is 248 g/mol. The van der Waals surface area contributed by atoms with Crippen LogP contribution < -0.4 is 0 Å². The van der Waals surface area contributed by atoms with E-state index in [1.165, 1.54) is 19.1 Å². The predicted molar refractivity (Wildman–Crippen MR) is 56.1 cm³/mol. The highest BCUT2D eigenvalue weighted by Gasteiger charge is 2.15. The number of sulfone groups is 1. The largest absolute Gasteiger partial charge is 0.478 e. The molecule has 0 bridgehead atoms. The SMILES string of the molecule is CCS(=O)(=O)c1ccc(C(=O)O)c(Cl)c1. The van der Waals surface area contributed by atoms with Crippen molar-refractivity contribution in [1.82, 2.24) is 0 Å². The van der Waals surface area contributed by atoms with E-state index in [1.807, 2.05) is 0 Å². The van der Waals surface area contributed by atoms with Crippen LogP contribution >= 0.6 is 11.6 Å². The number of halogens is 1. The average molecular weight is 249 g/mol. The fourth-order valence-electron chi connectivity index (χ4n) is 1.03. The van der Waals surface area contributed by atoms with E-state index in [1.54, 1.807) is 0 Å². The third kappa shape index (κ3) is 2.49. The quantitative estimate of drug-likeness (QED) is 0.886. The van der Waals surface area contributed by atoms with Crippen molar-refractivity contribution in [2.24, 2.45) is 0 Å². The lowest BCUT2D eigenvalue weighted by Crippen LogP contribution is -2.05. The molecule has 0 amide bonds.